The van der Waals surface area contributed by atoms with Crippen molar-refractivity contribution in [3.8, 4) is 12.3 Å². The Morgan fingerprint density at radius 3 is 2.56 bits per heavy atom. The van der Waals surface area contributed by atoms with E-state index in [0.717, 1.165) is 39.1 Å². The van der Waals surface area contributed by atoms with Crippen LogP contribution >= 0.6 is 0 Å². The van der Waals surface area contributed by atoms with Crippen molar-refractivity contribution in [1.82, 2.24) is 15.1 Å². The zero-order valence-corrected chi connectivity index (χ0v) is 11.8. The van der Waals surface area contributed by atoms with Crippen molar-refractivity contribution in [2.75, 3.05) is 39.3 Å². The SMILES string of the molecule is C#CCN(CCC)C(=O)C(C)(C)N1CCNCC1. The topological polar surface area (TPSA) is 35.6 Å². The van der Waals surface area contributed by atoms with Gasteiger partial charge in [0.2, 0.25) is 5.91 Å². The lowest BCUT2D eigenvalue weighted by Crippen LogP contribution is -2.60. The lowest BCUT2D eigenvalue weighted by molar-refractivity contribution is -0.142. The van der Waals surface area contributed by atoms with Crippen LogP contribution in [0.1, 0.15) is 27.2 Å². The molecule has 0 aromatic rings. The fraction of sp³-hybridized carbons (Fsp3) is 0.786. The molecule has 0 unspecified atom stereocenters. The maximum absolute atomic E-state index is 12.6. The van der Waals surface area contributed by atoms with Crippen LogP contribution in [-0.4, -0.2) is 60.5 Å². The Labute approximate surface area is 111 Å². The maximum atomic E-state index is 12.6. The van der Waals surface area contributed by atoms with Crippen LogP contribution in [0.2, 0.25) is 0 Å². The van der Waals surface area contributed by atoms with Gasteiger partial charge in [-0.1, -0.05) is 12.8 Å². The van der Waals surface area contributed by atoms with E-state index in [0.29, 0.717) is 6.54 Å². The number of nitrogens with one attached hydrogen (secondary N) is 1. The predicted octanol–water partition coefficient (Wildman–Crippen LogP) is 0.542. The van der Waals surface area contributed by atoms with Crippen LogP contribution in [0.25, 0.3) is 0 Å². The van der Waals surface area contributed by atoms with Gasteiger partial charge in [-0.05, 0) is 20.3 Å². The van der Waals surface area contributed by atoms with E-state index in [4.69, 9.17) is 6.42 Å². The number of carbonyl (C=O) groups excluding carboxylic acids is 1. The van der Waals surface area contributed by atoms with Gasteiger partial charge in [-0.2, -0.15) is 0 Å². The summed E-state index contributed by atoms with van der Waals surface area (Å²) < 4.78 is 0. The Balaban J connectivity index is 2.74. The molecule has 0 spiro atoms. The molecule has 0 aliphatic carbocycles. The van der Waals surface area contributed by atoms with E-state index < -0.39 is 5.54 Å². The van der Waals surface area contributed by atoms with E-state index in [1.165, 1.54) is 0 Å². The van der Waals surface area contributed by atoms with Gasteiger partial charge in [0.15, 0.2) is 0 Å². The number of hydrogen-bond donors (Lipinski definition) is 1. The van der Waals surface area contributed by atoms with Crippen molar-refractivity contribution < 1.29 is 4.79 Å². The number of piperazine rings is 1. The highest BCUT2D eigenvalue weighted by Crippen LogP contribution is 2.18. The Kier molecular flexibility index (Phi) is 5.64. The van der Waals surface area contributed by atoms with Gasteiger partial charge in [-0.15, -0.1) is 6.42 Å². The number of nitrogens with zero attached hydrogens (tertiary/aromatic N) is 2. The zero-order chi connectivity index (χ0) is 13.6. The average molecular weight is 251 g/mol. The first-order valence-electron chi connectivity index (χ1n) is 6.72. The van der Waals surface area contributed by atoms with Crippen LogP contribution in [0.5, 0.6) is 0 Å². The third-order valence-corrected chi connectivity index (χ3v) is 3.49. The van der Waals surface area contributed by atoms with Crippen molar-refractivity contribution in [2.24, 2.45) is 0 Å². The van der Waals surface area contributed by atoms with Crippen LogP contribution in [-0.2, 0) is 4.79 Å². The van der Waals surface area contributed by atoms with Gasteiger partial charge in [0.1, 0.15) is 0 Å². The maximum Gasteiger partial charge on any atom is 0.243 e. The smallest absolute Gasteiger partial charge is 0.243 e. The number of carbonyl (C=O) groups is 1. The average Bonchev–Trinajstić information content (AvgIpc) is 2.38. The Hall–Kier alpha value is -1.05. The molecule has 0 aromatic heterocycles. The van der Waals surface area contributed by atoms with Gasteiger partial charge in [-0.3, -0.25) is 9.69 Å². The highest BCUT2D eigenvalue weighted by atomic mass is 16.2. The number of terminal acetylenes is 1. The second kappa shape index (κ2) is 6.77. The number of amides is 1. The normalized spacial score (nSPS) is 17.2. The highest BCUT2D eigenvalue weighted by molar-refractivity contribution is 5.85. The summed E-state index contributed by atoms with van der Waals surface area (Å²) in [6.45, 7) is 10.9. The van der Waals surface area contributed by atoms with Gasteiger partial charge in [-0.25, -0.2) is 0 Å². The van der Waals surface area contributed by atoms with Crippen molar-refractivity contribution in [3.63, 3.8) is 0 Å². The van der Waals surface area contributed by atoms with Crippen molar-refractivity contribution in [3.05, 3.63) is 0 Å². The molecule has 1 fully saturated rings. The number of rotatable bonds is 5. The molecule has 0 radical (unpaired) electrons. The summed E-state index contributed by atoms with van der Waals surface area (Å²) in [5.41, 5.74) is -0.464. The fourth-order valence-corrected chi connectivity index (χ4v) is 2.38. The van der Waals surface area contributed by atoms with Crippen LogP contribution in [0.4, 0.5) is 0 Å². The molecule has 0 saturated carbocycles. The Bertz CT molecular complexity index is 313. The minimum atomic E-state index is -0.464. The molecule has 1 aliphatic heterocycles. The summed E-state index contributed by atoms with van der Waals surface area (Å²) in [5, 5.41) is 3.31. The van der Waals surface area contributed by atoms with E-state index in [9.17, 15) is 4.79 Å². The lowest BCUT2D eigenvalue weighted by Gasteiger charge is -2.42. The third kappa shape index (κ3) is 3.47. The zero-order valence-electron chi connectivity index (χ0n) is 11.8. The molecule has 0 bridgehead atoms. The molecule has 1 amide bonds. The fourth-order valence-electron chi connectivity index (χ4n) is 2.38. The van der Waals surface area contributed by atoms with E-state index in [1.807, 2.05) is 13.8 Å². The second-order valence-corrected chi connectivity index (χ2v) is 5.23. The molecule has 1 saturated heterocycles. The molecule has 102 valence electrons. The lowest BCUT2D eigenvalue weighted by atomic mass is 9.99. The van der Waals surface area contributed by atoms with E-state index >= 15 is 0 Å². The van der Waals surface area contributed by atoms with Crippen LogP contribution in [0, 0.1) is 12.3 Å². The summed E-state index contributed by atoms with van der Waals surface area (Å²) in [5.74, 6) is 2.73. The molecule has 4 nitrogen and oxygen atoms in total. The van der Waals surface area contributed by atoms with Crippen molar-refractivity contribution in [1.29, 1.82) is 0 Å². The molecule has 0 atom stereocenters. The molecule has 1 heterocycles. The van der Waals surface area contributed by atoms with E-state index in [-0.39, 0.29) is 5.91 Å². The number of hydrogen-bond acceptors (Lipinski definition) is 3. The summed E-state index contributed by atoms with van der Waals surface area (Å²) in [6, 6.07) is 0. The molecule has 1 N–H and O–H groups in total. The van der Waals surface area contributed by atoms with Crippen molar-refractivity contribution >= 4 is 5.91 Å². The molecular formula is C14H25N3O. The largest absolute Gasteiger partial charge is 0.330 e. The standard InChI is InChI=1S/C14H25N3O/c1-5-9-16(10-6-2)13(18)14(3,4)17-11-7-15-8-12-17/h1,15H,6-12H2,2-4H3. The van der Waals surface area contributed by atoms with Gasteiger partial charge in [0.25, 0.3) is 0 Å². The summed E-state index contributed by atoms with van der Waals surface area (Å²) in [6.07, 6.45) is 6.29. The Morgan fingerprint density at radius 1 is 1.44 bits per heavy atom. The molecular weight excluding hydrogens is 226 g/mol. The summed E-state index contributed by atoms with van der Waals surface area (Å²) in [7, 11) is 0. The Morgan fingerprint density at radius 2 is 2.06 bits per heavy atom. The van der Waals surface area contributed by atoms with Gasteiger partial charge >= 0.3 is 0 Å². The molecule has 4 heteroatoms. The van der Waals surface area contributed by atoms with Crippen LogP contribution in [0.3, 0.4) is 0 Å². The molecule has 18 heavy (non-hydrogen) atoms. The first-order valence-corrected chi connectivity index (χ1v) is 6.72. The molecule has 1 aliphatic rings. The first-order chi connectivity index (χ1) is 8.54. The highest BCUT2D eigenvalue weighted by Gasteiger charge is 2.37. The van der Waals surface area contributed by atoms with E-state index in [1.54, 1.807) is 4.90 Å². The third-order valence-electron chi connectivity index (χ3n) is 3.49. The monoisotopic (exact) mass is 251 g/mol. The van der Waals surface area contributed by atoms with E-state index in [2.05, 4.69) is 23.1 Å². The molecule has 1 rings (SSSR count). The summed E-state index contributed by atoms with van der Waals surface area (Å²) >= 11 is 0. The van der Waals surface area contributed by atoms with Gasteiger partial charge < -0.3 is 10.2 Å². The second-order valence-electron chi connectivity index (χ2n) is 5.23. The molecule has 0 aromatic carbocycles. The summed E-state index contributed by atoms with van der Waals surface area (Å²) in [4.78, 5) is 16.6. The predicted molar refractivity (Wildman–Crippen MR) is 74.2 cm³/mol. The first kappa shape index (κ1) is 15.0. The quantitative estimate of drug-likeness (QED) is 0.725. The van der Waals surface area contributed by atoms with Crippen LogP contribution < -0.4 is 5.32 Å². The van der Waals surface area contributed by atoms with Gasteiger partial charge in [0.05, 0.1) is 12.1 Å². The van der Waals surface area contributed by atoms with Crippen LogP contribution in [0.15, 0.2) is 0 Å². The minimum Gasteiger partial charge on any atom is -0.330 e. The minimum absolute atomic E-state index is 0.143. The van der Waals surface area contributed by atoms with Gasteiger partial charge in [0, 0.05) is 32.7 Å². The van der Waals surface area contributed by atoms with Crippen molar-refractivity contribution in [2.45, 2.75) is 32.7 Å².